The molecule has 0 aliphatic rings. The highest BCUT2D eigenvalue weighted by molar-refractivity contribution is 5.86. The fourth-order valence-electron chi connectivity index (χ4n) is 1.94. The van der Waals surface area contributed by atoms with Crippen LogP contribution < -0.4 is 9.47 Å². The highest BCUT2D eigenvalue weighted by Gasteiger charge is 2.34. The molecule has 0 saturated heterocycles. The third-order valence-electron chi connectivity index (χ3n) is 3.83. The zero-order valence-corrected chi connectivity index (χ0v) is 13.7. The van der Waals surface area contributed by atoms with Crippen molar-refractivity contribution in [1.82, 2.24) is 4.90 Å². The Labute approximate surface area is 130 Å². The number of likely N-dealkylation sites (N-methyl/N-ethyl adjacent to an activating group) is 1. The van der Waals surface area contributed by atoms with Crippen LogP contribution in [0.5, 0.6) is 11.5 Å². The molecule has 1 aromatic rings. The van der Waals surface area contributed by atoms with E-state index in [1.165, 1.54) is 25.8 Å². The Bertz CT molecular complexity index is 553. The Morgan fingerprint density at radius 2 is 1.86 bits per heavy atom. The number of carboxylic acid groups (broad SMARTS) is 1. The molecule has 0 saturated carbocycles. The summed E-state index contributed by atoms with van der Waals surface area (Å²) < 4.78 is 10.4. The number of carbonyl (C=O) groups is 2. The van der Waals surface area contributed by atoms with E-state index < -0.39 is 11.5 Å². The SMILES string of the molecule is COc1ccc(OC)c(CCC(=O)N(C)C(C)(C)C(=O)O)c1. The molecule has 0 atom stereocenters. The summed E-state index contributed by atoms with van der Waals surface area (Å²) in [6.45, 7) is 3.00. The van der Waals surface area contributed by atoms with Gasteiger partial charge in [-0.3, -0.25) is 4.79 Å². The second-order valence-electron chi connectivity index (χ2n) is 5.49. The predicted octanol–water partition coefficient (Wildman–Crippen LogP) is 1.96. The minimum absolute atomic E-state index is 0.191. The lowest BCUT2D eigenvalue weighted by molar-refractivity contribution is -0.155. The fourth-order valence-corrected chi connectivity index (χ4v) is 1.94. The maximum atomic E-state index is 12.2. The van der Waals surface area contributed by atoms with Crippen molar-refractivity contribution in [2.75, 3.05) is 21.3 Å². The molecule has 1 rings (SSSR count). The number of rotatable bonds is 7. The molecule has 6 heteroatoms. The molecule has 0 fully saturated rings. The van der Waals surface area contributed by atoms with Crippen molar-refractivity contribution in [1.29, 1.82) is 0 Å². The van der Waals surface area contributed by atoms with Crippen LogP contribution in [-0.2, 0) is 16.0 Å². The number of methoxy groups -OCH3 is 2. The molecule has 1 amide bonds. The first-order chi connectivity index (χ1) is 10.2. The number of hydrogen-bond donors (Lipinski definition) is 1. The van der Waals surface area contributed by atoms with Gasteiger partial charge in [-0.25, -0.2) is 4.79 Å². The van der Waals surface area contributed by atoms with Gasteiger partial charge in [-0.05, 0) is 44.0 Å². The Balaban J connectivity index is 2.81. The van der Waals surface area contributed by atoms with Crippen molar-refractivity contribution in [3.8, 4) is 11.5 Å². The van der Waals surface area contributed by atoms with E-state index in [-0.39, 0.29) is 12.3 Å². The number of ether oxygens (including phenoxy) is 2. The molecule has 0 heterocycles. The van der Waals surface area contributed by atoms with Gasteiger partial charge >= 0.3 is 5.97 Å². The molecule has 0 bridgehead atoms. The second-order valence-corrected chi connectivity index (χ2v) is 5.49. The van der Waals surface area contributed by atoms with Crippen LogP contribution in [0.15, 0.2) is 18.2 Å². The van der Waals surface area contributed by atoms with Crippen LogP contribution in [0.2, 0.25) is 0 Å². The topological polar surface area (TPSA) is 76.1 Å². The lowest BCUT2D eigenvalue weighted by atomic mass is 10.0. The maximum absolute atomic E-state index is 12.2. The summed E-state index contributed by atoms with van der Waals surface area (Å²) in [6.07, 6.45) is 0.635. The molecule has 0 aliphatic heterocycles. The Hall–Kier alpha value is -2.24. The van der Waals surface area contributed by atoms with Crippen molar-refractivity contribution >= 4 is 11.9 Å². The van der Waals surface area contributed by atoms with Gasteiger partial charge in [0.05, 0.1) is 14.2 Å². The third kappa shape index (κ3) is 3.90. The fraction of sp³-hybridized carbons (Fsp3) is 0.500. The average Bonchev–Trinajstić information content (AvgIpc) is 2.51. The first kappa shape index (κ1) is 17.8. The molecular weight excluding hydrogens is 286 g/mol. The number of aryl methyl sites for hydroxylation is 1. The van der Waals surface area contributed by atoms with E-state index in [2.05, 4.69) is 0 Å². The highest BCUT2D eigenvalue weighted by Crippen LogP contribution is 2.25. The van der Waals surface area contributed by atoms with Crippen molar-refractivity contribution < 1.29 is 24.2 Å². The summed E-state index contributed by atoms with van der Waals surface area (Å²) in [5.74, 6) is 0.0794. The van der Waals surface area contributed by atoms with Crippen LogP contribution >= 0.6 is 0 Å². The lowest BCUT2D eigenvalue weighted by Gasteiger charge is -2.31. The van der Waals surface area contributed by atoms with Crippen LogP contribution in [0.25, 0.3) is 0 Å². The zero-order chi connectivity index (χ0) is 16.9. The molecule has 22 heavy (non-hydrogen) atoms. The van der Waals surface area contributed by atoms with Gasteiger partial charge in [0.2, 0.25) is 5.91 Å². The Kier molecular flexibility index (Phi) is 5.79. The Morgan fingerprint density at radius 1 is 1.23 bits per heavy atom. The molecule has 0 aliphatic carbocycles. The second kappa shape index (κ2) is 7.15. The normalized spacial score (nSPS) is 11.0. The van der Waals surface area contributed by atoms with Crippen LogP contribution in [-0.4, -0.2) is 48.7 Å². The first-order valence-electron chi connectivity index (χ1n) is 6.95. The van der Waals surface area contributed by atoms with Gasteiger partial charge in [0.25, 0.3) is 0 Å². The molecule has 1 aromatic carbocycles. The number of nitrogens with zero attached hydrogens (tertiary/aromatic N) is 1. The highest BCUT2D eigenvalue weighted by atomic mass is 16.5. The minimum Gasteiger partial charge on any atom is -0.497 e. The monoisotopic (exact) mass is 309 g/mol. The van der Waals surface area contributed by atoms with Crippen molar-refractivity contribution in [3.05, 3.63) is 23.8 Å². The average molecular weight is 309 g/mol. The molecule has 0 aromatic heterocycles. The maximum Gasteiger partial charge on any atom is 0.329 e. The third-order valence-corrected chi connectivity index (χ3v) is 3.83. The van der Waals surface area contributed by atoms with Crippen molar-refractivity contribution in [2.45, 2.75) is 32.2 Å². The predicted molar refractivity (Wildman–Crippen MR) is 82.4 cm³/mol. The quantitative estimate of drug-likeness (QED) is 0.833. The van der Waals surface area contributed by atoms with Crippen molar-refractivity contribution in [2.24, 2.45) is 0 Å². The molecular formula is C16H23NO5. The van der Waals surface area contributed by atoms with Gasteiger partial charge < -0.3 is 19.5 Å². The van der Waals surface area contributed by atoms with E-state index in [4.69, 9.17) is 14.6 Å². The summed E-state index contributed by atoms with van der Waals surface area (Å²) >= 11 is 0. The lowest BCUT2D eigenvalue weighted by Crippen LogP contribution is -2.50. The molecule has 0 spiro atoms. The number of benzene rings is 1. The summed E-state index contributed by atoms with van der Waals surface area (Å²) in [5.41, 5.74) is -0.396. The summed E-state index contributed by atoms with van der Waals surface area (Å²) in [4.78, 5) is 24.7. The first-order valence-corrected chi connectivity index (χ1v) is 6.95. The van der Waals surface area contributed by atoms with E-state index in [9.17, 15) is 9.59 Å². The summed E-state index contributed by atoms with van der Waals surface area (Å²) in [5, 5.41) is 9.17. The van der Waals surface area contributed by atoms with Gasteiger partial charge in [-0.15, -0.1) is 0 Å². The van der Waals surface area contributed by atoms with Crippen LogP contribution in [0.1, 0.15) is 25.8 Å². The van der Waals surface area contributed by atoms with E-state index in [0.29, 0.717) is 17.9 Å². The van der Waals surface area contributed by atoms with Crippen LogP contribution in [0.3, 0.4) is 0 Å². The number of hydrogen-bond acceptors (Lipinski definition) is 4. The Morgan fingerprint density at radius 3 is 2.36 bits per heavy atom. The van der Waals surface area contributed by atoms with E-state index >= 15 is 0 Å². The van der Waals surface area contributed by atoms with Crippen molar-refractivity contribution in [3.63, 3.8) is 0 Å². The molecule has 1 N–H and O–H groups in total. The van der Waals surface area contributed by atoms with Gasteiger partial charge in [-0.2, -0.15) is 0 Å². The summed E-state index contributed by atoms with van der Waals surface area (Å²) in [7, 11) is 4.63. The standard InChI is InChI=1S/C16H23NO5/c1-16(2,15(19)20)17(3)14(18)9-6-11-10-12(21-4)7-8-13(11)22-5/h7-8,10H,6,9H2,1-5H3,(H,19,20). The molecule has 0 radical (unpaired) electrons. The van der Waals surface area contributed by atoms with Gasteiger partial charge in [0, 0.05) is 13.5 Å². The molecule has 0 unspecified atom stereocenters. The van der Waals surface area contributed by atoms with E-state index in [1.807, 2.05) is 6.07 Å². The van der Waals surface area contributed by atoms with E-state index in [0.717, 1.165) is 5.56 Å². The molecule has 6 nitrogen and oxygen atoms in total. The number of amides is 1. The van der Waals surface area contributed by atoms with Gasteiger partial charge in [0.1, 0.15) is 17.0 Å². The largest absolute Gasteiger partial charge is 0.497 e. The number of aliphatic carboxylic acids is 1. The zero-order valence-electron chi connectivity index (χ0n) is 13.7. The smallest absolute Gasteiger partial charge is 0.329 e. The van der Waals surface area contributed by atoms with Crippen LogP contribution in [0, 0.1) is 0 Å². The minimum atomic E-state index is -1.24. The number of carboxylic acids is 1. The number of carbonyl (C=O) groups excluding carboxylic acids is 1. The summed E-state index contributed by atoms with van der Waals surface area (Å²) in [6, 6.07) is 5.38. The van der Waals surface area contributed by atoms with E-state index in [1.54, 1.807) is 26.4 Å². The van der Waals surface area contributed by atoms with Crippen LogP contribution in [0.4, 0.5) is 0 Å². The van der Waals surface area contributed by atoms with Gasteiger partial charge in [-0.1, -0.05) is 0 Å². The van der Waals surface area contributed by atoms with Gasteiger partial charge in [0.15, 0.2) is 0 Å². The molecule has 122 valence electrons.